The molecule has 0 aliphatic heterocycles. The van der Waals surface area contributed by atoms with E-state index in [9.17, 15) is 30.4 Å². The maximum atomic E-state index is 14.4. The van der Waals surface area contributed by atoms with E-state index in [0.29, 0.717) is 23.1 Å². The zero-order chi connectivity index (χ0) is 26.8. The lowest BCUT2D eigenvalue weighted by molar-refractivity contribution is -0.154. The average molecular weight is 546 g/mol. The van der Waals surface area contributed by atoms with E-state index in [1.165, 1.54) is 47.7 Å². The summed E-state index contributed by atoms with van der Waals surface area (Å²) in [5.74, 6) is -3.27. The lowest BCUT2D eigenvalue weighted by Gasteiger charge is -2.35. The lowest BCUT2D eigenvalue weighted by atomic mass is 9.88. The van der Waals surface area contributed by atoms with Crippen LogP contribution >= 0.6 is 0 Å². The number of hydrogen-bond donors (Lipinski definition) is 1. The molecule has 0 radical (unpaired) electrons. The average Bonchev–Trinajstić information content (AvgIpc) is 3.36. The van der Waals surface area contributed by atoms with Crippen LogP contribution in [0, 0.1) is 0 Å². The maximum absolute atomic E-state index is 14.4. The van der Waals surface area contributed by atoms with E-state index >= 15 is 0 Å². The smallest absolute Gasteiger partial charge is 0.422 e. The first-order chi connectivity index (χ1) is 17.4. The van der Waals surface area contributed by atoms with Gasteiger partial charge in [0.2, 0.25) is 15.9 Å². The van der Waals surface area contributed by atoms with E-state index in [4.69, 9.17) is 0 Å². The number of hydrogen-bond acceptors (Lipinski definition) is 6. The lowest BCUT2D eigenvalue weighted by Crippen LogP contribution is -2.45. The fourth-order valence-corrected chi connectivity index (χ4v) is 5.91. The molecule has 1 saturated carbocycles. The Labute approximate surface area is 209 Å². The second kappa shape index (κ2) is 10.3. The summed E-state index contributed by atoms with van der Waals surface area (Å²) in [5.41, 5.74) is 1.57. The molecule has 0 bridgehead atoms. The highest BCUT2D eigenvalue weighted by Crippen LogP contribution is 2.40. The van der Waals surface area contributed by atoms with Crippen LogP contribution in [0.15, 0.2) is 54.1 Å². The summed E-state index contributed by atoms with van der Waals surface area (Å²) in [6.45, 7) is 0.285. The summed E-state index contributed by atoms with van der Waals surface area (Å²) in [7, 11) is -4.14. The number of halogens is 5. The van der Waals surface area contributed by atoms with E-state index in [2.05, 4.69) is 24.6 Å². The van der Waals surface area contributed by atoms with Gasteiger partial charge in [-0.1, -0.05) is 13.0 Å². The quantitative estimate of drug-likeness (QED) is 0.417. The molecule has 2 heterocycles. The van der Waals surface area contributed by atoms with Crippen molar-refractivity contribution >= 4 is 10.0 Å². The van der Waals surface area contributed by atoms with Crippen molar-refractivity contribution in [3.05, 3.63) is 54.7 Å². The second-order valence-corrected chi connectivity index (χ2v) is 10.5. The molecular weight excluding hydrogens is 521 g/mol. The predicted octanol–water partition coefficient (Wildman–Crippen LogP) is 4.55. The zero-order valence-corrected chi connectivity index (χ0v) is 20.4. The number of benzene rings is 1. The highest BCUT2D eigenvalue weighted by Gasteiger charge is 2.43. The SMILES string of the molecule is CCc1cc(-c2ccc(OCC(F)(F)F)nc2)ccc1S(=O)(=O)N[C@@H]1C[C@H](n2cnnc2)CC(F)(F)C1. The van der Waals surface area contributed by atoms with E-state index in [-0.39, 0.29) is 17.2 Å². The third-order valence-electron chi connectivity index (χ3n) is 6.00. The van der Waals surface area contributed by atoms with Crippen molar-refractivity contribution in [3.63, 3.8) is 0 Å². The molecule has 3 aromatic rings. The number of rotatable bonds is 8. The topological polar surface area (TPSA) is 99.0 Å². The van der Waals surface area contributed by atoms with E-state index in [0.717, 1.165) is 0 Å². The minimum absolute atomic E-state index is 0.0356. The molecule has 14 heteroatoms. The van der Waals surface area contributed by atoms with E-state index in [1.807, 2.05) is 0 Å². The minimum atomic E-state index is -4.49. The van der Waals surface area contributed by atoms with Gasteiger partial charge in [0, 0.05) is 42.8 Å². The van der Waals surface area contributed by atoms with Crippen LogP contribution in [-0.2, 0) is 16.4 Å². The fourth-order valence-electron chi connectivity index (χ4n) is 4.37. The Morgan fingerprint density at radius 2 is 1.81 bits per heavy atom. The van der Waals surface area contributed by atoms with Gasteiger partial charge >= 0.3 is 6.18 Å². The molecule has 1 aliphatic carbocycles. The van der Waals surface area contributed by atoms with Crippen molar-refractivity contribution in [1.82, 2.24) is 24.5 Å². The van der Waals surface area contributed by atoms with Gasteiger partial charge in [0.15, 0.2) is 6.61 Å². The van der Waals surface area contributed by atoms with Crippen molar-refractivity contribution in [2.75, 3.05) is 6.61 Å². The van der Waals surface area contributed by atoms with Gasteiger partial charge in [-0.3, -0.25) is 0 Å². The summed E-state index contributed by atoms with van der Waals surface area (Å²) in [4.78, 5) is 3.83. The Hall–Kier alpha value is -3.13. The van der Waals surface area contributed by atoms with Crippen LogP contribution < -0.4 is 9.46 Å². The number of nitrogens with one attached hydrogen (secondary N) is 1. The van der Waals surface area contributed by atoms with E-state index in [1.54, 1.807) is 13.0 Å². The number of aromatic nitrogens is 4. The second-order valence-electron chi connectivity index (χ2n) is 8.85. The molecule has 0 amide bonds. The van der Waals surface area contributed by atoms with Crippen LogP contribution in [0.1, 0.15) is 37.8 Å². The highest BCUT2D eigenvalue weighted by molar-refractivity contribution is 7.89. The summed E-state index contributed by atoms with van der Waals surface area (Å²) in [6.07, 6.45) is -1.09. The Bertz CT molecular complexity index is 1320. The van der Waals surface area contributed by atoms with Gasteiger partial charge in [-0.05, 0) is 42.2 Å². The number of nitrogens with zero attached hydrogens (tertiary/aromatic N) is 4. The minimum Gasteiger partial charge on any atom is -0.468 e. The zero-order valence-electron chi connectivity index (χ0n) is 19.6. The van der Waals surface area contributed by atoms with Crippen molar-refractivity contribution in [2.45, 2.75) is 61.7 Å². The largest absolute Gasteiger partial charge is 0.468 e. The molecule has 1 fully saturated rings. The van der Waals surface area contributed by atoms with Crippen LogP contribution in [0.25, 0.3) is 11.1 Å². The third kappa shape index (κ3) is 6.80. The summed E-state index contributed by atoms with van der Waals surface area (Å²) < 4.78 is 101. The maximum Gasteiger partial charge on any atom is 0.422 e. The summed E-state index contributed by atoms with van der Waals surface area (Å²) in [6, 6.07) is 5.66. The van der Waals surface area contributed by atoms with Crippen LogP contribution in [0.3, 0.4) is 0 Å². The van der Waals surface area contributed by atoms with Crippen molar-refractivity contribution in [3.8, 4) is 17.0 Å². The van der Waals surface area contributed by atoms with Crippen LogP contribution in [0.5, 0.6) is 5.88 Å². The van der Waals surface area contributed by atoms with Crippen molar-refractivity contribution in [2.24, 2.45) is 0 Å². The molecule has 37 heavy (non-hydrogen) atoms. The molecule has 2 atom stereocenters. The molecule has 0 saturated heterocycles. The van der Waals surface area contributed by atoms with Gasteiger partial charge < -0.3 is 9.30 Å². The standard InChI is InChI=1S/C23H24F5N5O3S/c1-2-15-7-16(17-4-6-21(29-11-17)36-12-23(26,27)28)3-5-20(15)37(34,35)32-18-8-19(10-22(24,25)9-18)33-13-30-31-14-33/h3-7,11,13-14,18-19,32H,2,8-10,12H2,1H3/t18-,19+/m1/s1. The van der Waals surface area contributed by atoms with Gasteiger partial charge in [-0.15, -0.1) is 10.2 Å². The Morgan fingerprint density at radius 3 is 2.43 bits per heavy atom. The fraction of sp³-hybridized carbons (Fsp3) is 0.435. The summed E-state index contributed by atoms with van der Waals surface area (Å²) >= 11 is 0. The number of aryl methyl sites for hydroxylation is 1. The van der Waals surface area contributed by atoms with Gasteiger partial charge in [0.1, 0.15) is 12.7 Å². The molecule has 0 unspecified atom stereocenters. The van der Waals surface area contributed by atoms with Crippen molar-refractivity contribution < 1.29 is 35.1 Å². The molecule has 8 nitrogen and oxygen atoms in total. The molecule has 4 rings (SSSR count). The number of pyridine rings is 1. The Morgan fingerprint density at radius 1 is 1.11 bits per heavy atom. The molecule has 1 aliphatic rings. The normalized spacial score (nSPS) is 20.1. The number of alkyl halides is 5. The Balaban J connectivity index is 1.52. The first-order valence-corrected chi connectivity index (χ1v) is 12.9. The van der Waals surface area contributed by atoms with Crippen LogP contribution in [0.4, 0.5) is 22.0 Å². The third-order valence-corrected chi connectivity index (χ3v) is 7.62. The first-order valence-electron chi connectivity index (χ1n) is 11.4. The molecule has 1 aromatic carbocycles. The molecular formula is C23H24F5N5O3S. The monoisotopic (exact) mass is 545 g/mol. The van der Waals surface area contributed by atoms with Gasteiger partial charge in [-0.25, -0.2) is 26.9 Å². The number of sulfonamides is 1. The van der Waals surface area contributed by atoms with Gasteiger partial charge in [0.25, 0.3) is 5.92 Å². The van der Waals surface area contributed by atoms with E-state index < -0.39 is 53.7 Å². The molecule has 200 valence electrons. The first kappa shape index (κ1) is 26.9. The number of ether oxygens (including phenoxy) is 1. The van der Waals surface area contributed by atoms with Gasteiger partial charge in [0.05, 0.1) is 4.90 Å². The molecule has 0 spiro atoms. The van der Waals surface area contributed by atoms with Gasteiger partial charge in [-0.2, -0.15) is 13.2 Å². The van der Waals surface area contributed by atoms with Crippen molar-refractivity contribution in [1.29, 1.82) is 0 Å². The molecule has 2 aromatic heterocycles. The van der Waals surface area contributed by atoms with Crippen LogP contribution in [-0.4, -0.2) is 52.9 Å². The molecule has 1 N–H and O–H groups in total. The highest BCUT2D eigenvalue weighted by atomic mass is 32.2. The predicted molar refractivity (Wildman–Crippen MR) is 123 cm³/mol. The Kier molecular flexibility index (Phi) is 7.51. The van der Waals surface area contributed by atoms with Crippen LogP contribution in [0.2, 0.25) is 0 Å². The summed E-state index contributed by atoms with van der Waals surface area (Å²) in [5, 5.41) is 7.29.